The van der Waals surface area contributed by atoms with E-state index in [0.29, 0.717) is 0 Å². The first-order chi connectivity index (χ1) is 10.6. The highest BCUT2D eigenvalue weighted by Crippen LogP contribution is 2.24. The smallest absolute Gasteiger partial charge is 0.0579 e. The SMILES string of the molecule is [2H]/C(CCCC)=C(CCCC)\C(CCCC)=C(/[2H])CCCC. The van der Waals surface area contributed by atoms with Crippen LogP contribution in [0.3, 0.4) is 0 Å². The molecular formula is C20H38. The summed E-state index contributed by atoms with van der Waals surface area (Å²) >= 11 is 0. The van der Waals surface area contributed by atoms with E-state index in [1.165, 1.54) is 11.1 Å². The molecule has 0 aliphatic rings. The summed E-state index contributed by atoms with van der Waals surface area (Å²) in [6.07, 6.45) is 12.8. The Kier molecular flexibility index (Phi) is 11.8. The van der Waals surface area contributed by atoms with Crippen LogP contribution in [-0.2, 0) is 0 Å². The lowest BCUT2D eigenvalue weighted by Crippen LogP contribution is -1.93. The molecule has 0 atom stereocenters. The van der Waals surface area contributed by atoms with Gasteiger partial charge in [-0.05, 0) is 49.7 Å². The van der Waals surface area contributed by atoms with Crippen LogP contribution < -0.4 is 0 Å². The van der Waals surface area contributed by atoms with Gasteiger partial charge in [-0.15, -0.1) is 0 Å². The summed E-state index contributed by atoms with van der Waals surface area (Å²) in [7, 11) is 0. The van der Waals surface area contributed by atoms with Crippen LogP contribution in [0.2, 0.25) is 0 Å². The van der Waals surface area contributed by atoms with E-state index in [2.05, 4.69) is 27.7 Å². The maximum absolute atomic E-state index is 8.51. The summed E-state index contributed by atoms with van der Waals surface area (Å²) in [5, 5.41) is 0. The molecule has 0 spiro atoms. The van der Waals surface area contributed by atoms with Crippen LogP contribution in [0.4, 0.5) is 0 Å². The largest absolute Gasteiger partial charge is 0.0811 e. The fraction of sp³-hybridized carbons (Fsp3) is 0.800. The van der Waals surface area contributed by atoms with Gasteiger partial charge in [0.2, 0.25) is 0 Å². The summed E-state index contributed by atoms with van der Waals surface area (Å²) in [4.78, 5) is 0. The monoisotopic (exact) mass is 280 g/mol. The van der Waals surface area contributed by atoms with E-state index in [-0.39, 0.29) is 0 Å². The third kappa shape index (κ3) is 10.3. The zero-order valence-corrected chi connectivity index (χ0v) is 14.5. The quantitative estimate of drug-likeness (QED) is 0.305. The molecule has 0 N–H and O–H groups in total. The van der Waals surface area contributed by atoms with Crippen LogP contribution in [0.1, 0.15) is 107 Å². The highest BCUT2D eigenvalue weighted by Gasteiger charge is 2.05. The molecule has 0 aromatic rings. The summed E-state index contributed by atoms with van der Waals surface area (Å²) in [5.74, 6) is 0. The Hall–Kier alpha value is -0.520. The molecule has 0 heterocycles. The average molecular weight is 281 g/mol. The van der Waals surface area contributed by atoms with Crippen LogP contribution >= 0.6 is 0 Å². The first-order valence-electron chi connectivity index (χ1n) is 9.99. The molecule has 0 aliphatic carbocycles. The Morgan fingerprint density at radius 1 is 0.650 bits per heavy atom. The number of hydrogen-bond donors (Lipinski definition) is 0. The van der Waals surface area contributed by atoms with Gasteiger partial charge in [-0.25, -0.2) is 0 Å². The molecule has 0 aliphatic heterocycles. The molecule has 0 aromatic heterocycles. The van der Waals surface area contributed by atoms with Crippen molar-refractivity contribution in [1.29, 1.82) is 0 Å². The van der Waals surface area contributed by atoms with Crippen molar-refractivity contribution in [2.24, 2.45) is 0 Å². The molecule has 0 nitrogen and oxygen atoms in total. The molecule has 0 bridgehead atoms. The van der Waals surface area contributed by atoms with Crippen LogP contribution in [-0.4, -0.2) is 0 Å². The molecule has 118 valence electrons. The van der Waals surface area contributed by atoms with Gasteiger partial charge < -0.3 is 0 Å². The Morgan fingerprint density at radius 2 is 1.00 bits per heavy atom. The van der Waals surface area contributed by atoms with Crippen LogP contribution in [0.15, 0.2) is 23.3 Å². The molecule has 0 unspecified atom stereocenters. The van der Waals surface area contributed by atoms with E-state index in [9.17, 15) is 0 Å². The average Bonchev–Trinajstić information content (AvgIpc) is 2.53. The maximum atomic E-state index is 8.51. The Bertz CT molecular complexity index is 306. The van der Waals surface area contributed by atoms with Gasteiger partial charge in [0.1, 0.15) is 0 Å². The minimum Gasteiger partial charge on any atom is -0.0811 e. The second-order valence-electron chi connectivity index (χ2n) is 5.72. The minimum atomic E-state index is 0.808. The van der Waals surface area contributed by atoms with Crippen molar-refractivity contribution in [2.45, 2.75) is 105 Å². The van der Waals surface area contributed by atoms with Crippen molar-refractivity contribution >= 4 is 0 Å². The number of unbranched alkanes of at least 4 members (excludes halogenated alkanes) is 4. The molecule has 0 heteroatoms. The van der Waals surface area contributed by atoms with Gasteiger partial charge in [0, 0.05) is 0 Å². The van der Waals surface area contributed by atoms with Gasteiger partial charge in [-0.2, -0.15) is 0 Å². The first-order valence-corrected chi connectivity index (χ1v) is 8.99. The zero-order chi connectivity index (χ0) is 16.8. The molecule has 0 amide bonds. The van der Waals surface area contributed by atoms with Crippen LogP contribution in [0.5, 0.6) is 0 Å². The molecule has 0 fully saturated rings. The standard InChI is InChI=1S/C20H38/c1-5-9-13-17-19(15-11-7-3)20(16-12-8-4)18-14-10-6-2/h17-18H,5-16H2,1-4H3/b19-17+,20-18+/i17D,18D. The Labute approximate surface area is 131 Å². The predicted molar refractivity (Wildman–Crippen MR) is 94.3 cm³/mol. The van der Waals surface area contributed by atoms with Gasteiger partial charge in [0.25, 0.3) is 0 Å². The number of rotatable bonds is 13. The zero-order valence-electron chi connectivity index (χ0n) is 16.5. The number of allylic oxidation sites excluding steroid dienone is 4. The Morgan fingerprint density at radius 3 is 1.30 bits per heavy atom. The minimum absolute atomic E-state index is 0.808. The van der Waals surface area contributed by atoms with E-state index >= 15 is 0 Å². The van der Waals surface area contributed by atoms with Crippen molar-refractivity contribution in [2.75, 3.05) is 0 Å². The molecule has 20 heavy (non-hydrogen) atoms. The summed E-state index contributed by atoms with van der Waals surface area (Å²) in [5.41, 5.74) is 2.43. The summed E-state index contributed by atoms with van der Waals surface area (Å²) < 4.78 is 17.0. The van der Waals surface area contributed by atoms with E-state index in [1.54, 1.807) is 0 Å². The first kappa shape index (κ1) is 15.9. The van der Waals surface area contributed by atoms with E-state index < -0.39 is 0 Å². The van der Waals surface area contributed by atoms with E-state index in [4.69, 9.17) is 2.74 Å². The normalized spacial score (nSPS) is 15.4. The third-order valence-corrected chi connectivity index (χ3v) is 3.66. The van der Waals surface area contributed by atoms with E-state index in [0.717, 1.165) is 89.2 Å². The molecule has 0 saturated heterocycles. The van der Waals surface area contributed by atoms with Gasteiger partial charge in [-0.1, -0.05) is 78.3 Å². The lowest BCUT2D eigenvalue weighted by atomic mass is 9.93. The molecule has 0 saturated carbocycles. The maximum Gasteiger partial charge on any atom is 0.0579 e. The van der Waals surface area contributed by atoms with Crippen molar-refractivity contribution in [3.8, 4) is 0 Å². The second kappa shape index (κ2) is 14.9. The highest BCUT2D eigenvalue weighted by atomic mass is 14.1. The second-order valence-corrected chi connectivity index (χ2v) is 5.72. The lowest BCUT2D eigenvalue weighted by Gasteiger charge is -2.13. The fourth-order valence-electron chi connectivity index (χ4n) is 2.23. The summed E-state index contributed by atoms with van der Waals surface area (Å²) in [6, 6.07) is 1.62. The molecular weight excluding hydrogens is 240 g/mol. The van der Waals surface area contributed by atoms with Crippen LogP contribution in [0.25, 0.3) is 0 Å². The topological polar surface area (TPSA) is 0 Å². The molecule has 0 aromatic carbocycles. The van der Waals surface area contributed by atoms with Crippen LogP contribution in [0, 0.1) is 0 Å². The summed E-state index contributed by atoms with van der Waals surface area (Å²) in [6.45, 7) is 8.79. The van der Waals surface area contributed by atoms with E-state index in [1.807, 2.05) is 0 Å². The number of hydrogen-bond acceptors (Lipinski definition) is 0. The van der Waals surface area contributed by atoms with Crippen molar-refractivity contribution in [1.82, 2.24) is 0 Å². The van der Waals surface area contributed by atoms with Gasteiger partial charge in [0.15, 0.2) is 0 Å². The van der Waals surface area contributed by atoms with Gasteiger partial charge in [0.05, 0.1) is 2.74 Å². The van der Waals surface area contributed by atoms with Gasteiger partial charge in [-0.3, -0.25) is 0 Å². The highest BCUT2D eigenvalue weighted by molar-refractivity contribution is 5.31. The molecule has 0 radical (unpaired) electrons. The third-order valence-electron chi connectivity index (χ3n) is 3.66. The Balaban J connectivity index is 5.40. The lowest BCUT2D eigenvalue weighted by molar-refractivity contribution is 0.734. The van der Waals surface area contributed by atoms with Gasteiger partial charge >= 0.3 is 0 Å². The van der Waals surface area contributed by atoms with Crippen molar-refractivity contribution < 1.29 is 2.74 Å². The molecule has 0 rings (SSSR count). The fourth-order valence-corrected chi connectivity index (χ4v) is 2.23. The predicted octanol–water partition coefficient (Wildman–Crippen LogP) is 7.60. The van der Waals surface area contributed by atoms with Crippen molar-refractivity contribution in [3.63, 3.8) is 0 Å². The van der Waals surface area contributed by atoms with Crippen molar-refractivity contribution in [3.05, 3.63) is 23.3 Å².